The molecular weight excluding hydrogens is 344 g/mol. The Morgan fingerprint density at radius 1 is 1.24 bits per heavy atom. The van der Waals surface area contributed by atoms with Crippen LogP contribution in [0.4, 0.5) is 17.6 Å². The first-order valence-corrected chi connectivity index (χ1v) is 7.10. The van der Waals surface area contributed by atoms with Crippen molar-refractivity contribution < 1.29 is 31.8 Å². The van der Waals surface area contributed by atoms with Crippen LogP contribution in [0.5, 0.6) is 0 Å². The average molecular weight is 360 g/mol. The van der Waals surface area contributed by atoms with Gasteiger partial charge in [0.15, 0.2) is 6.29 Å². The molecule has 1 amide bonds. The van der Waals surface area contributed by atoms with Crippen molar-refractivity contribution in [1.29, 1.82) is 0 Å². The van der Waals surface area contributed by atoms with Crippen LogP contribution in [-0.2, 0) is 22.2 Å². The molecule has 0 bridgehead atoms. The predicted molar refractivity (Wildman–Crippen MR) is 81.2 cm³/mol. The van der Waals surface area contributed by atoms with E-state index in [0.29, 0.717) is 12.1 Å². The van der Waals surface area contributed by atoms with Gasteiger partial charge >= 0.3 is 6.18 Å². The topological polar surface area (TPSA) is 66.5 Å². The maximum Gasteiger partial charge on any atom is 0.419 e. The van der Waals surface area contributed by atoms with Crippen LogP contribution in [0.2, 0.25) is 0 Å². The number of hydrogen-bond acceptors (Lipinski definition) is 3. The first kappa shape index (κ1) is 18.9. The van der Waals surface area contributed by atoms with E-state index in [0.717, 1.165) is 6.07 Å². The molecular formula is C16H16F4N2O3. The minimum Gasteiger partial charge on any atom is -0.364 e. The molecule has 1 aromatic heterocycles. The van der Waals surface area contributed by atoms with Crippen LogP contribution < -0.4 is 5.73 Å². The Morgan fingerprint density at radius 3 is 2.40 bits per heavy atom. The summed E-state index contributed by atoms with van der Waals surface area (Å²) in [6.45, 7) is 0.0958. The smallest absolute Gasteiger partial charge is 0.364 e. The summed E-state index contributed by atoms with van der Waals surface area (Å²) in [7, 11) is 2.80. The molecule has 2 N–H and O–H groups in total. The van der Waals surface area contributed by atoms with Crippen molar-refractivity contribution in [2.75, 3.05) is 14.2 Å². The molecule has 136 valence electrons. The molecule has 5 nitrogen and oxygen atoms in total. The number of carbonyl (C=O) groups is 1. The number of nitrogens with zero attached hydrogens (tertiary/aromatic N) is 1. The maximum absolute atomic E-state index is 13.5. The second kappa shape index (κ2) is 7.24. The van der Waals surface area contributed by atoms with Crippen molar-refractivity contribution in [2.24, 2.45) is 5.73 Å². The fourth-order valence-corrected chi connectivity index (χ4v) is 2.45. The second-order valence-corrected chi connectivity index (χ2v) is 5.19. The Kier molecular flexibility index (Phi) is 5.48. The molecule has 0 saturated heterocycles. The van der Waals surface area contributed by atoms with E-state index in [2.05, 4.69) is 0 Å². The number of primary amides is 1. The highest BCUT2D eigenvalue weighted by atomic mass is 19.4. The fraction of sp³-hybridized carbons (Fsp3) is 0.312. The number of rotatable bonds is 6. The predicted octanol–water partition coefficient (Wildman–Crippen LogP) is 3.03. The third kappa shape index (κ3) is 3.99. The summed E-state index contributed by atoms with van der Waals surface area (Å²) in [5.41, 5.74) is 4.10. The lowest BCUT2D eigenvalue weighted by atomic mass is 10.0. The quantitative estimate of drug-likeness (QED) is 0.636. The molecule has 0 unspecified atom stereocenters. The van der Waals surface area contributed by atoms with E-state index in [-0.39, 0.29) is 23.4 Å². The molecule has 0 fully saturated rings. The zero-order chi connectivity index (χ0) is 18.8. The first-order chi connectivity index (χ1) is 11.7. The van der Waals surface area contributed by atoms with Crippen LogP contribution in [0.25, 0.3) is 11.1 Å². The van der Waals surface area contributed by atoms with Crippen LogP contribution in [0, 0.1) is 5.82 Å². The van der Waals surface area contributed by atoms with E-state index in [1.54, 1.807) is 0 Å². The average Bonchev–Trinajstić information content (AvgIpc) is 2.95. The van der Waals surface area contributed by atoms with Gasteiger partial charge in [0.1, 0.15) is 11.5 Å². The van der Waals surface area contributed by atoms with Gasteiger partial charge in [-0.3, -0.25) is 4.79 Å². The fourth-order valence-electron chi connectivity index (χ4n) is 2.45. The van der Waals surface area contributed by atoms with Gasteiger partial charge in [-0.1, -0.05) is 6.07 Å². The summed E-state index contributed by atoms with van der Waals surface area (Å²) in [5.74, 6) is -2.24. The highest BCUT2D eigenvalue weighted by Gasteiger charge is 2.34. The highest BCUT2D eigenvalue weighted by molar-refractivity contribution is 5.98. The zero-order valence-corrected chi connectivity index (χ0v) is 13.4. The van der Waals surface area contributed by atoms with Crippen LogP contribution in [0.3, 0.4) is 0 Å². The lowest BCUT2D eigenvalue weighted by molar-refractivity contribution is -0.139. The Labute approximate surface area is 140 Å². The SMILES string of the molecule is COC(Cn1ccc(-c2ccc(F)c(C(F)(F)F)c2)c1C(N)=O)OC. The number of halogens is 4. The molecule has 0 aliphatic carbocycles. The minimum atomic E-state index is -4.85. The molecule has 0 aliphatic rings. The van der Waals surface area contributed by atoms with Crippen LogP contribution in [-0.4, -0.2) is 31.0 Å². The summed E-state index contributed by atoms with van der Waals surface area (Å²) in [4.78, 5) is 11.8. The van der Waals surface area contributed by atoms with Crippen LogP contribution >= 0.6 is 0 Å². The molecule has 25 heavy (non-hydrogen) atoms. The van der Waals surface area contributed by atoms with Gasteiger partial charge in [0.2, 0.25) is 0 Å². The number of carbonyl (C=O) groups excluding carboxylic acids is 1. The molecule has 9 heteroatoms. The van der Waals surface area contributed by atoms with Crippen molar-refractivity contribution >= 4 is 5.91 Å². The summed E-state index contributed by atoms with van der Waals surface area (Å²) in [6.07, 6.45) is -4.07. The van der Waals surface area contributed by atoms with Gasteiger partial charge in [-0.15, -0.1) is 0 Å². The van der Waals surface area contributed by atoms with Gasteiger partial charge in [-0.25, -0.2) is 4.39 Å². The van der Waals surface area contributed by atoms with E-state index >= 15 is 0 Å². The number of hydrogen-bond donors (Lipinski definition) is 1. The Bertz CT molecular complexity index is 767. The van der Waals surface area contributed by atoms with Crippen LogP contribution in [0.15, 0.2) is 30.5 Å². The molecule has 2 rings (SSSR count). The number of aromatic nitrogens is 1. The normalized spacial score (nSPS) is 12.0. The van der Waals surface area contributed by atoms with Crippen molar-refractivity contribution in [3.63, 3.8) is 0 Å². The molecule has 0 spiro atoms. The molecule has 1 aromatic carbocycles. The highest BCUT2D eigenvalue weighted by Crippen LogP contribution is 2.35. The Balaban J connectivity index is 2.53. The van der Waals surface area contributed by atoms with Gasteiger partial charge < -0.3 is 19.8 Å². The van der Waals surface area contributed by atoms with E-state index in [9.17, 15) is 22.4 Å². The number of benzene rings is 1. The van der Waals surface area contributed by atoms with Crippen molar-refractivity contribution in [2.45, 2.75) is 19.0 Å². The van der Waals surface area contributed by atoms with E-state index in [1.807, 2.05) is 0 Å². The lowest BCUT2D eigenvalue weighted by Crippen LogP contribution is -2.25. The number of alkyl halides is 3. The largest absolute Gasteiger partial charge is 0.419 e. The summed E-state index contributed by atoms with van der Waals surface area (Å²) in [6, 6.07) is 3.93. The van der Waals surface area contributed by atoms with Crippen molar-refractivity contribution in [1.82, 2.24) is 4.57 Å². The molecule has 2 aromatic rings. The van der Waals surface area contributed by atoms with Gasteiger partial charge in [-0.05, 0) is 23.8 Å². The van der Waals surface area contributed by atoms with E-state index in [4.69, 9.17) is 15.2 Å². The summed E-state index contributed by atoms with van der Waals surface area (Å²) in [5, 5.41) is 0. The molecule has 0 saturated carbocycles. The molecule has 0 atom stereocenters. The van der Waals surface area contributed by atoms with E-state index < -0.39 is 29.8 Å². The third-order valence-corrected chi connectivity index (χ3v) is 3.65. The first-order valence-electron chi connectivity index (χ1n) is 7.10. The van der Waals surface area contributed by atoms with Gasteiger partial charge in [-0.2, -0.15) is 13.2 Å². The third-order valence-electron chi connectivity index (χ3n) is 3.65. The minimum absolute atomic E-state index is 0.0210. The number of amides is 1. The van der Waals surface area contributed by atoms with E-state index in [1.165, 1.54) is 31.0 Å². The molecule has 1 heterocycles. The number of methoxy groups -OCH3 is 2. The maximum atomic E-state index is 13.5. The summed E-state index contributed by atoms with van der Waals surface area (Å²) < 4.78 is 63.7. The number of nitrogens with two attached hydrogens (primary N) is 1. The molecule has 0 radical (unpaired) electrons. The standard InChI is InChI=1S/C16H16F4N2O3/c1-24-13(25-2)8-22-6-5-10(14(22)15(21)23)9-3-4-12(17)11(7-9)16(18,19)20/h3-7,13H,8H2,1-2H3,(H2,21,23). The van der Waals surface area contributed by atoms with Gasteiger partial charge in [0.05, 0.1) is 12.1 Å². The van der Waals surface area contributed by atoms with Gasteiger partial charge in [0, 0.05) is 26.0 Å². The lowest BCUT2D eigenvalue weighted by Gasteiger charge is -2.16. The number of ether oxygens (including phenoxy) is 2. The van der Waals surface area contributed by atoms with Gasteiger partial charge in [0.25, 0.3) is 5.91 Å². The Hall–Kier alpha value is -2.39. The second-order valence-electron chi connectivity index (χ2n) is 5.19. The van der Waals surface area contributed by atoms with Crippen LogP contribution in [0.1, 0.15) is 16.1 Å². The monoisotopic (exact) mass is 360 g/mol. The summed E-state index contributed by atoms with van der Waals surface area (Å²) >= 11 is 0. The van der Waals surface area contributed by atoms with Crippen molar-refractivity contribution in [3.05, 3.63) is 47.5 Å². The zero-order valence-electron chi connectivity index (χ0n) is 13.4. The Morgan fingerprint density at radius 2 is 1.88 bits per heavy atom. The van der Waals surface area contributed by atoms with Crippen molar-refractivity contribution in [3.8, 4) is 11.1 Å². The molecule has 0 aliphatic heterocycles.